The van der Waals surface area contributed by atoms with Crippen molar-refractivity contribution in [3.05, 3.63) is 101 Å². The van der Waals surface area contributed by atoms with E-state index >= 15 is 0 Å². The van der Waals surface area contributed by atoms with Crippen molar-refractivity contribution < 1.29 is 9.53 Å². The number of fused-ring (bicyclic) bond motifs is 1. The molecule has 4 aromatic rings. The highest BCUT2D eigenvalue weighted by atomic mass is 16.5. The average Bonchev–Trinajstić information content (AvgIpc) is 3.11. The summed E-state index contributed by atoms with van der Waals surface area (Å²) in [5.41, 5.74) is 4.47. The highest BCUT2D eigenvalue weighted by Crippen LogP contribution is 2.31. The van der Waals surface area contributed by atoms with Gasteiger partial charge in [-0.25, -0.2) is 9.78 Å². The van der Waals surface area contributed by atoms with E-state index in [9.17, 15) is 4.79 Å². The second kappa shape index (κ2) is 6.84. The Hall–Kier alpha value is -3.40. The standard InChI is InChI=1S/C22H18N2O2/c1-26-22(25)17-12-13-18-19(14-17)24-21(23-18)20(15-8-4-2-5-9-15)16-10-6-3-7-11-16/h2-14,20H,1H3,(H,23,24). The Bertz CT molecular complexity index is 1000. The Morgan fingerprint density at radius 1 is 0.923 bits per heavy atom. The van der Waals surface area contributed by atoms with Crippen molar-refractivity contribution in [2.75, 3.05) is 7.11 Å². The van der Waals surface area contributed by atoms with E-state index in [0.717, 1.165) is 28.0 Å². The van der Waals surface area contributed by atoms with Crippen LogP contribution in [-0.2, 0) is 4.74 Å². The first-order valence-corrected chi connectivity index (χ1v) is 8.44. The number of aromatic amines is 1. The molecule has 0 saturated carbocycles. The van der Waals surface area contributed by atoms with Crippen LogP contribution in [0, 0.1) is 0 Å². The molecular weight excluding hydrogens is 324 g/mol. The Morgan fingerprint density at radius 2 is 1.54 bits per heavy atom. The van der Waals surface area contributed by atoms with Gasteiger partial charge >= 0.3 is 5.97 Å². The summed E-state index contributed by atoms with van der Waals surface area (Å²) >= 11 is 0. The molecule has 1 heterocycles. The molecule has 128 valence electrons. The fourth-order valence-corrected chi connectivity index (χ4v) is 3.21. The van der Waals surface area contributed by atoms with Crippen molar-refractivity contribution in [3.63, 3.8) is 0 Å². The van der Waals surface area contributed by atoms with Crippen molar-refractivity contribution in [1.29, 1.82) is 0 Å². The second-order valence-corrected chi connectivity index (χ2v) is 6.10. The summed E-state index contributed by atoms with van der Waals surface area (Å²) in [6.45, 7) is 0. The predicted molar refractivity (Wildman–Crippen MR) is 101 cm³/mol. The van der Waals surface area contributed by atoms with Crippen LogP contribution in [0.5, 0.6) is 0 Å². The van der Waals surface area contributed by atoms with Gasteiger partial charge in [0.25, 0.3) is 0 Å². The molecule has 0 aliphatic carbocycles. The number of ether oxygens (including phenoxy) is 1. The average molecular weight is 342 g/mol. The number of esters is 1. The van der Waals surface area contributed by atoms with E-state index in [4.69, 9.17) is 9.72 Å². The summed E-state index contributed by atoms with van der Waals surface area (Å²) in [5.74, 6) is 0.483. The molecule has 3 aromatic carbocycles. The van der Waals surface area contributed by atoms with Gasteiger partial charge in [-0.1, -0.05) is 60.7 Å². The number of hydrogen-bond acceptors (Lipinski definition) is 3. The molecule has 4 rings (SSSR count). The van der Waals surface area contributed by atoms with E-state index in [-0.39, 0.29) is 11.9 Å². The van der Waals surface area contributed by atoms with Crippen LogP contribution in [0.3, 0.4) is 0 Å². The third kappa shape index (κ3) is 2.97. The van der Waals surface area contributed by atoms with Crippen molar-refractivity contribution >= 4 is 17.0 Å². The number of aromatic nitrogens is 2. The second-order valence-electron chi connectivity index (χ2n) is 6.10. The molecule has 0 fully saturated rings. The number of nitrogens with zero attached hydrogens (tertiary/aromatic N) is 1. The minimum Gasteiger partial charge on any atom is -0.465 e. The highest BCUT2D eigenvalue weighted by Gasteiger charge is 2.20. The zero-order chi connectivity index (χ0) is 17.9. The van der Waals surface area contributed by atoms with E-state index in [1.807, 2.05) is 42.5 Å². The summed E-state index contributed by atoms with van der Waals surface area (Å²) in [7, 11) is 1.38. The van der Waals surface area contributed by atoms with Crippen molar-refractivity contribution in [2.24, 2.45) is 0 Å². The lowest BCUT2D eigenvalue weighted by Gasteiger charge is -2.15. The summed E-state index contributed by atoms with van der Waals surface area (Å²) < 4.78 is 4.80. The van der Waals surface area contributed by atoms with Gasteiger partial charge in [0.15, 0.2) is 0 Å². The van der Waals surface area contributed by atoms with Crippen LogP contribution in [0.1, 0.15) is 33.2 Å². The topological polar surface area (TPSA) is 55.0 Å². The largest absolute Gasteiger partial charge is 0.465 e. The van der Waals surface area contributed by atoms with E-state index < -0.39 is 0 Å². The molecule has 0 radical (unpaired) electrons. The molecule has 0 spiro atoms. The minimum absolute atomic E-state index is 0.00798. The molecule has 0 aliphatic heterocycles. The quantitative estimate of drug-likeness (QED) is 0.554. The molecule has 0 aliphatic rings. The number of nitrogens with one attached hydrogen (secondary N) is 1. The predicted octanol–water partition coefficient (Wildman–Crippen LogP) is 4.53. The van der Waals surface area contributed by atoms with Crippen LogP contribution < -0.4 is 0 Å². The van der Waals surface area contributed by atoms with Crippen LogP contribution in [0.15, 0.2) is 78.9 Å². The maximum Gasteiger partial charge on any atom is 0.337 e. The first-order valence-electron chi connectivity index (χ1n) is 8.44. The van der Waals surface area contributed by atoms with Crippen molar-refractivity contribution in [3.8, 4) is 0 Å². The number of carbonyl (C=O) groups excluding carboxylic acids is 1. The first-order chi connectivity index (χ1) is 12.8. The third-order valence-electron chi connectivity index (χ3n) is 4.46. The zero-order valence-corrected chi connectivity index (χ0v) is 14.3. The lowest BCUT2D eigenvalue weighted by Crippen LogP contribution is -2.05. The molecule has 1 N–H and O–H groups in total. The number of carbonyl (C=O) groups is 1. The zero-order valence-electron chi connectivity index (χ0n) is 14.3. The number of H-pyrrole nitrogens is 1. The minimum atomic E-state index is -0.356. The number of imidazole rings is 1. The van der Waals surface area contributed by atoms with Crippen LogP contribution in [-0.4, -0.2) is 23.0 Å². The molecule has 0 unspecified atom stereocenters. The van der Waals surface area contributed by atoms with Crippen molar-refractivity contribution in [1.82, 2.24) is 9.97 Å². The van der Waals surface area contributed by atoms with E-state index in [0.29, 0.717) is 5.56 Å². The van der Waals surface area contributed by atoms with Gasteiger partial charge in [-0.2, -0.15) is 0 Å². The monoisotopic (exact) mass is 342 g/mol. The van der Waals surface area contributed by atoms with Crippen LogP contribution in [0.2, 0.25) is 0 Å². The third-order valence-corrected chi connectivity index (χ3v) is 4.46. The van der Waals surface area contributed by atoms with Crippen LogP contribution >= 0.6 is 0 Å². The van der Waals surface area contributed by atoms with E-state index in [2.05, 4.69) is 29.2 Å². The number of benzene rings is 3. The van der Waals surface area contributed by atoms with Crippen molar-refractivity contribution in [2.45, 2.75) is 5.92 Å². The SMILES string of the molecule is COC(=O)c1ccc2nc(C(c3ccccc3)c3ccccc3)[nH]c2c1. The Morgan fingerprint density at radius 3 is 2.12 bits per heavy atom. The van der Waals surface area contributed by atoms with Gasteiger partial charge in [0.05, 0.1) is 29.6 Å². The Labute approximate surface area is 151 Å². The van der Waals surface area contributed by atoms with Gasteiger partial charge in [-0.15, -0.1) is 0 Å². The first kappa shape index (κ1) is 16.1. The lowest BCUT2D eigenvalue weighted by molar-refractivity contribution is 0.0601. The summed E-state index contributed by atoms with van der Waals surface area (Å²) in [6.07, 6.45) is 0. The summed E-state index contributed by atoms with van der Waals surface area (Å²) in [5, 5.41) is 0. The number of rotatable bonds is 4. The van der Waals surface area contributed by atoms with Gasteiger partial charge in [0.2, 0.25) is 0 Å². The van der Waals surface area contributed by atoms with Gasteiger partial charge < -0.3 is 9.72 Å². The normalized spacial score (nSPS) is 11.0. The maximum absolute atomic E-state index is 11.8. The smallest absolute Gasteiger partial charge is 0.337 e. The summed E-state index contributed by atoms with van der Waals surface area (Å²) in [6, 6.07) is 25.9. The highest BCUT2D eigenvalue weighted by molar-refractivity contribution is 5.93. The Kier molecular flexibility index (Phi) is 4.23. The molecule has 1 aromatic heterocycles. The molecule has 0 amide bonds. The number of hydrogen-bond donors (Lipinski definition) is 1. The lowest BCUT2D eigenvalue weighted by atomic mass is 9.91. The molecular formula is C22H18N2O2. The van der Waals surface area contributed by atoms with Gasteiger partial charge in [-0.05, 0) is 29.3 Å². The van der Waals surface area contributed by atoms with Gasteiger partial charge in [-0.3, -0.25) is 0 Å². The molecule has 0 saturated heterocycles. The summed E-state index contributed by atoms with van der Waals surface area (Å²) in [4.78, 5) is 20.0. The molecule has 4 heteroatoms. The molecule has 0 bridgehead atoms. The van der Waals surface area contributed by atoms with Crippen LogP contribution in [0.25, 0.3) is 11.0 Å². The number of methoxy groups -OCH3 is 1. The van der Waals surface area contributed by atoms with Gasteiger partial charge in [0, 0.05) is 0 Å². The van der Waals surface area contributed by atoms with E-state index in [1.165, 1.54) is 7.11 Å². The Balaban J connectivity index is 1.85. The maximum atomic E-state index is 11.8. The fraction of sp³-hybridized carbons (Fsp3) is 0.0909. The van der Waals surface area contributed by atoms with E-state index in [1.54, 1.807) is 12.1 Å². The van der Waals surface area contributed by atoms with Crippen LogP contribution in [0.4, 0.5) is 0 Å². The van der Waals surface area contributed by atoms with Gasteiger partial charge in [0.1, 0.15) is 5.82 Å². The molecule has 4 nitrogen and oxygen atoms in total. The fourth-order valence-electron chi connectivity index (χ4n) is 3.21. The molecule has 0 atom stereocenters. The molecule has 26 heavy (non-hydrogen) atoms.